The van der Waals surface area contributed by atoms with Crippen LogP contribution in [0.2, 0.25) is 31.7 Å². The lowest BCUT2D eigenvalue weighted by atomic mass is 10.1. The smallest absolute Gasteiger partial charge is 0.241 e. The van der Waals surface area contributed by atoms with E-state index >= 15 is 0 Å². The van der Waals surface area contributed by atoms with Crippen LogP contribution in [0.15, 0.2) is 85.2 Å². The lowest BCUT2D eigenvalue weighted by molar-refractivity contribution is -0.147. The summed E-state index contributed by atoms with van der Waals surface area (Å²) in [6.07, 6.45) is 5.72. The number of hydrogen-bond acceptors (Lipinski definition) is 3. The number of allylic oxidation sites excluding steroid dienone is 3. The number of benzene rings is 2. The fourth-order valence-corrected chi connectivity index (χ4v) is 10.1. The topological polar surface area (TPSA) is 27.7 Å². The maximum atomic E-state index is 6.82. The Balaban J connectivity index is 2.22. The predicted molar refractivity (Wildman–Crippen MR) is 140 cm³/mol. The molecule has 0 aromatic heterocycles. The van der Waals surface area contributed by atoms with Crippen LogP contribution in [0.3, 0.4) is 0 Å². The molecule has 1 heterocycles. The van der Waals surface area contributed by atoms with Crippen LogP contribution in [0, 0.1) is 0 Å². The molecule has 1 saturated heterocycles. The van der Waals surface area contributed by atoms with E-state index in [9.17, 15) is 0 Å². The van der Waals surface area contributed by atoms with Gasteiger partial charge in [0.15, 0.2) is 5.79 Å². The van der Waals surface area contributed by atoms with E-state index in [1.54, 1.807) is 0 Å². The van der Waals surface area contributed by atoms with E-state index in [1.807, 2.05) is 6.08 Å². The molecule has 1 aliphatic heterocycles. The highest BCUT2D eigenvalue weighted by Gasteiger charge is 2.48. The van der Waals surface area contributed by atoms with Crippen molar-refractivity contribution in [3.63, 3.8) is 0 Å². The SMILES string of the molecule is C=CC/C=C(\O[Si](C)(C)C)C(CC1(C)OCCO1)[Si](C)(c1ccccc1)c1ccccc1. The van der Waals surface area contributed by atoms with Crippen molar-refractivity contribution in [1.29, 1.82) is 0 Å². The molecule has 1 atom stereocenters. The molecule has 0 bridgehead atoms. The summed E-state index contributed by atoms with van der Waals surface area (Å²) in [6.45, 7) is 16.5. The third kappa shape index (κ3) is 5.90. The Morgan fingerprint density at radius 3 is 1.91 bits per heavy atom. The first-order chi connectivity index (χ1) is 15.2. The van der Waals surface area contributed by atoms with Crippen LogP contribution in [-0.4, -0.2) is 35.4 Å². The standard InChI is InChI=1S/C27H38O3Si2/c1-7-8-19-25(30-31(3,4)5)26(22-27(2)28-20-21-29-27)32(6,23-15-11-9-12-16-23)24-17-13-10-14-18-24/h7,9-19,26H,1,8,20-22H2,2-6H3/b25-19-. The van der Waals surface area contributed by atoms with Gasteiger partial charge in [-0.1, -0.05) is 83.7 Å². The van der Waals surface area contributed by atoms with Gasteiger partial charge in [0.05, 0.1) is 19.0 Å². The minimum Gasteiger partial charge on any atom is -0.548 e. The second-order valence-corrected chi connectivity index (χ2v) is 18.6. The van der Waals surface area contributed by atoms with Gasteiger partial charge in [-0.15, -0.1) is 6.58 Å². The highest BCUT2D eigenvalue weighted by Crippen LogP contribution is 2.41. The molecular formula is C27H38O3Si2. The molecule has 1 aliphatic rings. The monoisotopic (exact) mass is 466 g/mol. The van der Waals surface area contributed by atoms with E-state index in [4.69, 9.17) is 13.9 Å². The maximum Gasteiger partial charge on any atom is 0.241 e. The van der Waals surface area contributed by atoms with Gasteiger partial charge >= 0.3 is 0 Å². The highest BCUT2D eigenvalue weighted by atomic mass is 28.4. The quantitative estimate of drug-likeness (QED) is 0.255. The van der Waals surface area contributed by atoms with Crippen molar-refractivity contribution in [3.05, 3.63) is 85.2 Å². The Bertz CT molecular complexity index is 858. The van der Waals surface area contributed by atoms with Crippen LogP contribution >= 0.6 is 0 Å². The van der Waals surface area contributed by atoms with Crippen molar-refractivity contribution in [2.45, 2.75) is 57.3 Å². The zero-order valence-corrected chi connectivity index (χ0v) is 22.3. The van der Waals surface area contributed by atoms with Crippen molar-refractivity contribution in [1.82, 2.24) is 0 Å². The Morgan fingerprint density at radius 2 is 1.47 bits per heavy atom. The molecule has 2 aromatic rings. The summed E-state index contributed by atoms with van der Waals surface area (Å²) in [5, 5.41) is 2.78. The van der Waals surface area contributed by atoms with Gasteiger partial charge < -0.3 is 13.9 Å². The zero-order valence-electron chi connectivity index (χ0n) is 20.3. The largest absolute Gasteiger partial charge is 0.548 e. The summed E-state index contributed by atoms with van der Waals surface area (Å²) in [6, 6.07) is 21.9. The third-order valence-electron chi connectivity index (χ3n) is 6.17. The Morgan fingerprint density at radius 1 is 0.969 bits per heavy atom. The van der Waals surface area contributed by atoms with Gasteiger partial charge in [-0.3, -0.25) is 0 Å². The van der Waals surface area contributed by atoms with Crippen LogP contribution in [-0.2, 0) is 13.9 Å². The molecule has 172 valence electrons. The fourth-order valence-electron chi connectivity index (χ4n) is 4.58. The van der Waals surface area contributed by atoms with E-state index in [2.05, 4.69) is 106 Å². The molecular weight excluding hydrogens is 428 g/mol. The first-order valence-electron chi connectivity index (χ1n) is 11.6. The molecule has 5 heteroatoms. The molecule has 2 aromatic carbocycles. The second kappa shape index (κ2) is 10.3. The summed E-state index contributed by atoms with van der Waals surface area (Å²) >= 11 is 0. The van der Waals surface area contributed by atoms with Crippen molar-refractivity contribution < 1.29 is 13.9 Å². The van der Waals surface area contributed by atoms with Crippen molar-refractivity contribution >= 4 is 26.8 Å². The molecule has 0 radical (unpaired) electrons. The van der Waals surface area contributed by atoms with E-state index < -0.39 is 22.2 Å². The van der Waals surface area contributed by atoms with Gasteiger partial charge in [-0.25, -0.2) is 0 Å². The van der Waals surface area contributed by atoms with Crippen LogP contribution in [0.5, 0.6) is 0 Å². The van der Waals surface area contributed by atoms with Crippen LogP contribution in [0.1, 0.15) is 19.8 Å². The summed E-state index contributed by atoms with van der Waals surface area (Å²) < 4.78 is 19.1. The predicted octanol–water partition coefficient (Wildman–Crippen LogP) is 5.71. The van der Waals surface area contributed by atoms with E-state index in [1.165, 1.54) is 10.4 Å². The maximum absolute atomic E-state index is 6.82. The fraction of sp³-hybridized carbons (Fsp3) is 0.407. The Kier molecular flexibility index (Phi) is 7.99. The van der Waals surface area contributed by atoms with Crippen LogP contribution < -0.4 is 10.4 Å². The van der Waals surface area contributed by atoms with Gasteiger partial charge in [0.25, 0.3) is 0 Å². The van der Waals surface area contributed by atoms with Crippen LogP contribution in [0.4, 0.5) is 0 Å². The molecule has 0 saturated carbocycles. The Hall–Kier alpha value is -1.93. The first kappa shape index (κ1) is 24.7. The molecule has 0 spiro atoms. The second-order valence-electron chi connectivity index (χ2n) is 9.87. The van der Waals surface area contributed by atoms with Crippen molar-refractivity contribution in [3.8, 4) is 0 Å². The van der Waals surface area contributed by atoms with Crippen molar-refractivity contribution in [2.75, 3.05) is 13.2 Å². The number of hydrogen-bond donors (Lipinski definition) is 0. The zero-order chi connectivity index (χ0) is 23.2. The lowest BCUT2D eigenvalue weighted by Gasteiger charge is -2.42. The molecule has 0 aliphatic carbocycles. The van der Waals surface area contributed by atoms with Gasteiger partial charge in [-0.2, -0.15) is 0 Å². The molecule has 3 nitrogen and oxygen atoms in total. The highest BCUT2D eigenvalue weighted by molar-refractivity contribution is 7.02. The number of ether oxygens (including phenoxy) is 2. The third-order valence-corrected chi connectivity index (χ3v) is 12.0. The average molecular weight is 467 g/mol. The van der Waals surface area contributed by atoms with E-state index in [-0.39, 0.29) is 5.54 Å². The molecule has 3 rings (SSSR count). The van der Waals surface area contributed by atoms with Gasteiger partial charge in [-0.05, 0) is 39.1 Å². The van der Waals surface area contributed by atoms with E-state index in [0.29, 0.717) is 13.2 Å². The minimum atomic E-state index is -2.32. The minimum absolute atomic E-state index is 0.155. The molecule has 0 amide bonds. The normalized spacial score (nSPS) is 17.7. The lowest BCUT2D eigenvalue weighted by Crippen LogP contribution is -2.61. The van der Waals surface area contributed by atoms with Gasteiger partial charge in [0.1, 0.15) is 8.07 Å². The van der Waals surface area contributed by atoms with Gasteiger partial charge in [0, 0.05) is 12.0 Å². The molecule has 1 fully saturated rings. The average Bonchev–Trinajstić information content (AvgIpc) is 3.21. The summed E-state index contributed by atoms with van der Waals surface area (Å²) in [5.41, 5.74) is 0.155. The summed E-state index contributed by atoms with van der Waals surface area (Å²) in [5.74, 6) is 0.463. The Labute approximate surface area is 196 Å². The first-order valence-corrected chi connectivity index (χ1v) is 17.6. The van der Waals surface area contributed by atoms with E-state index in [0.717, 1.165) is 18.6 Å². The van der Waals surface area contributed by atoms with Gasteiger partial charge in [0.2, 0.25) is 8.32 Å². The van der Waals surface area contributed by atoms with Crippen molar-refractivity contribution in [2.24, 2.45) is 0 Å². The van der Waals surface area contributed by atoms with Crippen LogP contribution in [0.25, 0.3) is 0 Å². The molecule has 0 N–H and O–H groups in total. The summed E-state index contributed by atoms with van der Waals surface area (Å²) in [4.78, 5) is 0. The number of rotatable bonds is 10. The molecule has 32 heavy (non-hydrogen) atoms. The molecule has 1 unspecified atom stereocenters. The summed E-state index contributed by atoms with van der Waals surface area (Å²) in [7, 11) is -4.18.